The highest BCUT2D eigenvalue weighted by Gasteiger charge is 2.76. The number of nitrogens with zero attached hydrogens (tertiary/aromatic N) is 1. The summed E-state index contributed by atoms with van der Waals surface area (Å²) in [6, 6.07) is 13.3. The molecule has 2 aliphatic carbocycles. The molecule has 14 heteroatoms. The maximum absolute atomic E-state index is 15.1. The zero-order valence-corrected chi connectivity index (χ0v) is 39.5. The van der Waals surface area contributed by atoms with E-state index in [2.05, 4.69) is 48.8 Å². The standard InChI is InChI=1S/C52H71N3O11/c1-6-8-10-24-51(25-11-9-7-2)64-43-41-29-52(49(60)53-30-35-15-13-17-37(27-35)47(58)54-38(32-56)21-23-42(57)63-50(3,4)5)45(48(59)62-41)55(66-46(52)44(43)65-51)31-36-16-12-14-33(26-36)18-19-34-20-22-39-40(28-34)61-39/h12-19,26-27,34,38-41,43-46,56H,6-11,20-25,28-32H2,1-5H3,(H,53,60)(H,54,58)/t34?,38-,39?,40?,41?,43-,44-,45-,46+,52?/m0/s1. The van der Waals surface area contributed by atoms with E-state index in [9.17, 15) is 19.5 Å². The number of rotatable bonds is 21. The summed E-state index contributed by atoms with van der Waals surface area (Å²) in [5.41, 5.74) is 0.942. The molecule has 6 fully saturated rings. The van der Waals surface area contributed by atoms with Gasteiger partial charge in [-0.15, -0.1) is 0 Å². The Kier molecular flexibility index (Phi) is 15.1. The van der Waals surface area contributed by atoms with E-state index in [-0.39, 0.29) is 44.9 Å². The van der Waals surface area contributed by atoms with Gasteiger partial charge in [0.2, 0.25) is 5.91 Å². The van der Waals surface area contributed by atoms with Crippen molar-refractivity contribution in [2.75, 3.05) is 6.61 Å². The molecule has 2 amide bonds. The second-order valence-corrected chi connectivity index (χ2v) is 20.5. The number of carbonyl (C=O) groups excluding carboxylic acids is 4. The van der Waals surface area contributed by atoms with Crippen LogP contribution in [0.5, 0.6) is 0 Å². The Morgan fingerprint density at radius 1 is 0.939 bits per heavy atom. The van der Waals surface area contributed by atoms with Crippen molar-refractivity contribution < 1.29 is 52.8 Å². The molecule has 6 aliphatic rings. The van der Waals surface area contributed by atoms with Crippen LogP contribution in [0.25, 0.3) is 6.08 Å². The summed E-state index contributed by atoms with van der Waals surface area (Å²) in [7, 11) is 0. The second-order valence-electron chi connectivity index (χ2n) is 20.5. The zero-order chi connectivity index (χ0) is 46.6. The van der Waals surface area contributed by atoms with Crippen LogP contribution in [-0.4, -0.2) is 101 Å². The second kappa shape index (κ2) is 20.6. The normalized spacial score (nSPS) is 30.0. The molecule has 4 heterocycles. The van der Waals surface area contributed by atoms with Crippen LogP contribution in [-0.2, 0) is 56.0 Å². The van der Waals surface area contributed by atoms with Gasteiger partial charge in [0.15, 0.2) is 11.8 Å². The third-order valence-corrected chi connectivity index (χ3v) is 14.2. The summed E-state index contributed by atoms with van der Waals surface area (Å²) in [6.45, 7) is 9.63. The van der Waals surface area contributed by atoms with Gasteiger partial charge in [-0.1, -0.05) is 88.1 Å². The smallest absolute Gasteiger partial charge is 0.327 e. The number of epoxide rings is 1. The minimum atomic E-state index is -1.37. The van der Waals surface area contributed by atoms with E-state index in [0.717, 1.165) is 68.9 Å². The topological polar surface area (TPSA) is 174 Å². The quantitative estimate of drug-likeness (QED) is 0.0652. The third kappa shape index (κ3) is 10.9. The number of allylic oxidation sites excluding steroid dienone is 1. The lowest BCUT2D eigenvalue weighted by Crippen LogP contribution is -2.69. The largest absolute Gasteiger partial charge is 0.460 e. The third-order valence-electron chi connectivity index (χ3n) is 14.2. The molecule has 10 atom stereocenters. The van der Waals surface area contributed by atoms with Crippen LogP contribution in [0.4, 0.5) is 0 Å². The fraction of sp³-hybridized carbons (Fsp3) is 0.654. The van der Waals surface area contributed by atoms with Gasteiger partial charge in [-0.3, -0.25) is 24.0 Å². The van der Waals surface area contributed by atoms with E-state index < -0.39 is 71.1 Å². The summed E-state index contributed by atoms with van der Waals surface area (Å²) < 4.78 is 31.4. The van der Waals surface area contributed by atoms with Crippen LogP contribution in [0.2, 0.25) is 0 Å². The average molecular weight is 914 g/mol. The van der Waals surface area contributed by atoms with Gasteiger partial charge in [0, 0.05) is 37.8 Å². The Bertz CT molecular complexity index is 2080. The van der Waals surface area contributed by atoms with Crippen LogP contribution >= 0.6 is 0 Å². The predicted molar refractivity (Wildman–Crippen MR) is 245 cm³/mol. The lowest BCUT2D eigenvalue weighted by molar-refractivity contribution is -0.224. The number of benzene rings is 2. The van der Waals surface area contributed by atoms with Gasteiger partial charge in [0.1, 0.15) is 35.4 Å². The summed E-state index contributed by atoms with van der Waals surface area (Å²) in [5.74, 6) is -2.14. The van der Waals surface area contributed by atoms with Gasteiger partial charge >= 0.3 is 11.9 Å². The maximum Gasteiger partial charge on any atom is 0.327 e. The fourth-order valence-electron chi connectivity index (χ4n) is 10.9. The van der Waals surface area contributed by atoms with Crippen molar-refractivity contribution in [2.24, 2.45) is 11.3 Å². The number of aliphatic hydroxyl groups excluding tert-OH is 1. The van der Waals surface area contributed by atoms with Crippen molar-refractivity contribution in [1.82, 2.24) is 15.7 Å². The Hall–Kier alpha value is -4.18. The number of hydrogen-bond acceptors (Lipinski definition) is 12. The van der Waals surface area contributed by atoms with Crippen molar-refractivity contribution >= 4 is 29.8 Å². The Morgan fingerprint density at radius 2 is 1.68 bits per heavy atom. The van der Waals surface area contributed by atoms with Crippen LogP contribution in [0.1, 0.15) is 152 Å². The number of amides is 2. The van der Waals surface area contributed by atoms with Crippen LogP contribution in [0.15, 0.2) is 54.6 Å². The van der Waals surface area contributed by atoms with E-state index >= 15 is 4.79 Å². The van der Waals surface area contributed by atoms with E-state index in [1.807, 2.05) is 18.2 Å². The van der Waals surface area contributed by atoms with Gasteiger partial charge in [-0.2, -0.15) is 5.06 Å². The Labute approximate surface area is 389 Å². The van der Waals surface area contributed by atoms with Crippen molar-refractivity contribution in [3.8, 4) is 0 Å². The lowest BCUT2D eigenvalue weighted by atomic mass is 9.62. The van der Waals surface area contributed by atoms with Gasteiger partial charge < -0.3 is 39.4 Å². The first-order valence-corrected chi connectivity index (χ1v) is 24.7. The highest BCUT2D eigenvalue weighted by molar-refractivity contribution is 5.95. The number of ether oxygens (including phenoxy) is 5. The van der Waals surface area contributed by atoms with Crippen LogP contribution < -0.4 is 10.6 Å². The number of nitrogens with one attached hydrogen (secondary N) is 2. The van der Waals surface area contributed by atoms with Gasteiger partial charge in [-0.25, -0.2) is 0 Å². The monoisotopic (exact) mass is 914 g/mol. The Morgan fingerprint density at radius 3 is 2.41 bits per heavy atom. The molecule has 2 aromatic rings. The molecule has 3 N–H and O–H groups in total. The highest BCUT2D eigenvalue weighted by Crippen LogP contribution is 2.58. The molecular formula is C52H71N3O11. The number of carbonyl (C=O) groups is 4. The number of hydrogen-bond donors (Lipinski definition) is 3. The minimum Gasteiger partial charge on any atom is -0.460 e. The molecule has 2 saturated carbocycles. The summed E-state index contributed by atoms with van der Waals surface area (Å²) in [5, 5.41) is 17.6. The lowest BCUT2D eigenvalue weighted by Gasteiger charge is -2.48. The van der Waals surface area contributed by atoms with E-state index in [1.54, 1.807) is 44.0 Å². The molecule has 8 rings (SSSR count). The van der Waals surface area contributed by atoms with E-state index in [4.69, 9.17) is 28.5 Å². The van der Waals surface area contributed by atoms with E-state index in [0.29, 0.717) is 42.1 Å². The van der Waals surface area contributed by atoms with Crippen LogP contribution in [0, 0.1) is 11.3 Å². The number of hydroxylamine groups is 2. The summed E-state index contributed by atoms with van der Waals surface area (Å²) >= 11 is 0. The first kappa shape index (κ1) is 48.3. The molecule has 4 aliphatic heterocycles. The molecule has 2 bridgehead atoms. The molecule has 14 nitrogen and oxygen atoms in total. The van der Waals surface area contributed by atoms with Crippen LogP contribution in [0.3, 0.4) is 0 Å². The molecule has 66 heavy (non-hydrogen) atoms. The van der Waals surface area contributed by atoms with E-state index in [1.165, 1.54) is 0 Å². The minimum absolute atomic E-state index is 0.0345. The number of fused-ring (bicyclic) bond motifs is 5. The first-order valence-electron chi connectivity index (χ1n) is 24.7. The van der Waals surface area contributed by atoms with Crippen molar-refractivity contribution in [2.45, 2.75) is 198 Å². The molecule has 4 saturated heterocycles. The fourth-order valence-corrected chi connectivity index (χ4v) is 10.9. The molecule has 5 unspecified atom stereocenters. The van der Waals surface area contributed by atoms with Gasteiger partial charge in [0.05, 0.1) is 31.4 Å². The maximum atomic E-state index is 15.1. The van der Waals surface area contributed by atoms with Crippen molar-refractivity contribution in [3.63, 3.8) is 0 Å². The number of unbranched alkanes of at least 4 members (excludes halogenated alkanes) is 4. The SMILES string of the molecule is CCCCCC1(CCCCC)O[C@@H]2[C@H]3ON(Cc4cccc(C=CC5CCC6OC6C5)c4)[C@H]4C(=O)OC(CC34C(=O)NCc3cccc(C(=O)N[C@H](CO)CCC(=O)OC(C)(C)C)c3)[C@@H]2O1. The summed E-state index contributed by atoms with van der Waals surface area (Å²) in [4.78, 5) is 62.2. The molecular weight excluding hydrogens is 843 g/mol. The predicted octanol–water partition coefficient (Wildman–Crippen LogP) is 7.24. The molecule has 0 radical (unpaired) electrons. The average Bonchev–Trinajstić information content (AvgIpc) is 3.84. The zero-order valence-electron chi connectivity index (χ0n) is 39.5. The molecule has 0 spiro atoms. The van der Waals surface area contributed by atoms with Crippen molar-refractivity contribution in [1.29, 1.82) is 0 Å². The summed E-state index contributed by atoms with van der Waals surface area (Å²) in [6.07, 6.45) is 13.6. The number of aliphatic hydroxyl groups is 1. The molecule has 0 aromatic heterocycles. The van der Waals surface area contributed by atoms with Crippen molar-refractivity contribution in [3.05, 3.63) is 76.9 Å². The number of esters is 2. The van der Waals surface area contributed by atoms with Gasteiger partial charge in [-0.05, 0) is 94.0 Å². The van der Waals surface area contributed by atoms with Gasteiger partial charge in [0.25, 0.3) is 5.91 Å². The highest BCUT2D eigenvalue weighted by atomic mass is 16.8. The molecule has 2 aromatic carbocycles. The Balaban J connectivity index is 1.02. The first-order chi connectivity index (χ1) is 31.7. The molecule has 360 valence electrons.